The molecular formula is C19H24N2O3. The molecule has 1 fully saturated rings. The van der Waals surface area contributed by atoms with E-state index in [0.717, 1.165) is 19.6 Å². The SMILES string of the molecule is CN(CC(=O)O)CC1CN(Cc2ccc3ccccc3c2)CCO1. The van der Waals surface area contributed by atoms with Crippen LogP contribution in [0.1, 0.15) is 5.56 Å². The van der Waals surface area contributed by atoms with E-state index in [0.29, 0.717) is 13.2 Å². The summed E-state index contributed by atoms with van der Waals surface area (Å²) in [7, 11) is 1.82. The van der Waals surface area contributed by atoms with E-state index < -0.39 is 5.97 Å². The van der Waals surface area contributed by atoms with Crippen LogP contribution in [0.4, 0.5) is 0 Å². The van der Waals surface area contributed by atoms with Crippen LogP contribution in [0.15, 0.2) is 42.5 Å². The molecule has 0 aliphatic carbocycles. The second-order valence-corrected chi connectivity index (χ2v) is 6.50. The third kappa shape index (κ3) is 4.54. The minimum Gasteiger partial charge on any atom is -0.480 e. The van der Waals surface area contributed by atoms with Gasteiger partial charge in [0.15, 0.2) is 0 Å². The van der Waals surface area contributed by atoms with Crippen molar-refractivity contribution in [1.29, 1.82) is 0 Å². The Morgan fingerprint density at radius 1 is 1.29 bits per heavy atom. The van der Waals surface area contributed by atoms with Crippen molar-refractivity contribution in [3.63, 3.8) is 0 Å². The first-order valence-electron chi connectivity index (χ1n) is 8.32. The van der Waals surface area contributed by atoms with Gasteiger partial charge < -0.3 is 9.84 Å². The minimum atomic E-state index is -0.804. The highest BCUT2D eigenvalue weighted by molar-refractivity contribution is 5.82. The van der Waals surface area contributed by atoms with Crippen LogP contribution in [0.25, 0.3) is 10.8 Å². The number of ether oxygens (including phenoxy) is 1. The van der Waals surface area contributed by atoms with Crippen molar-refractivity contribution in [3.05, 3.63) is 48.0 Å². The number of aliphatic carboxylic acids is 1. The van der Waals surface area contributed by atoms with Crippen molar-refractivity contribution in [3.8, 4) is 0 Å². The van der Waals surface area contributed by atoms with E-state index in [2.05, 4.69) is 47.4 Å². The summed E-state index contributed by atoms with van der Waals surface area (Å²) in [5.41, 5.74) is 1.30. The minimum absolute atomic E-state index is 0.0462. The van der Waals surface area contributed by atoms with Crippen LogP contribution in [0.5, 0.6) is 0 Å². The van der Waals surface area contributed by atoms with E-state index in [-0.39, 0.29) is 12.6 Å². The summed E-state index contributed by atoms with van der Waals surface area (Å²) in [4.78, 5) is 15.0. The van der Waals surface area contributed by atoms with Gasteiger partial charge in [0.05, 0.1) is 19.3 Å². The van der Waals surface area contributed by atoms with Crippen LogP contribution in [0, 0.1) is 0 Å². The maximum Gasteiger partial charge on any atom is 0.317 e. The van der Waals surface area contributed by atoms with Crippen molar-refractivity contribution >= 4 is 16.7 Å². The number of carboxylic acids is 1. The van der Waals surface area contributed by atoms with Crippen LogP contribution < -0.4 is 0 Å². The third-order valence-electron chi connectivity index (χ3n) is 4.36. The summed E-state index contributed by atoms with van der Waals surface area (Å²) < 4.78 is 5.79. The van der Waals surface area contributed by atoms with Gasteiger partial charge in [0, 0.05) is 26.2 Å². The molecule has 0 bridgehead atoms. The molecule has 0 saturated carbocycles. The van der Waals surface area contributed by atoms with Crippen molar-refractivity contribution in [2.24, 2.45) is 0 Å². The Labute approximate surface area is 142 Å². The maximum atomic E-state index is 10.8. The van der Waals surface area contributed by atoms with Gasteiger partial charge in [0.2, 0.25) is 0 Å². The Kier molecular flexibility index (Phi) is 5.45. The largest absolute Gasteiger partial charge is 0.480 e. The molecule has 1 saturated heterocycles. The topological polar surface area (TPSA) is 53.0 Å². The Hall–Kier alpha value is -1.95. The predicted octanol–water partition coefficient (Wildman–Crippen LogP) is 2.06. The first-order chi connectivity index (χ1) is 11.6. The Morgan fingerprint density at radius 3 is 2.88 bits per heavy atom. The number of likely N-dealkylation sites (N-methyl/N-ethyl adjacent to an activating group) is 1. The molecule has 3 rings (SSSR count). The lowest BCUT2D eigenvalue weighted by molar-refractivity contribution is -0.138. The van der Waals surface area contributed by atoms with Gasteiger partial charge in [-0.25, -0.2) is 0 Å². The highest BCUT2D eigenvalue weighted by Gasteiger charge is 2.22. The number of carboxylic acid groups (broad SMARTS) is 1. The lowest BCUT2D eigenvalue weighted by Gasteiger charge is -2.34. The normalized spacial score (nSPS) is 19.0. The number of carbonyl (C=O) groups is 1. The zero-order chi connectivity index (χ0) is 16.9. The first kappa shape index (κ1) is 16.9. The van der Waals surface area contributed by atoms with Gasteiger partial charge in [0.1, 0.15) is 0 Å². The van der Waals surface area contributed by atoms with Crippen molar-refractivity contribution < 1.29 is 14.6 Å². The predicted molar refractivity (Wildman–Crippen MR) is 94.1 cm³/mol. The van der Waals surface area contributed by atoms with Crippen LogP contribution in [-0.4, -0.2) is 66.8 Å². The fraction of sp³-hybridized carbons (Fsp3) is 0.421. The van der Waals surface area contributed by atoms with Gasteiger partial charge in [-0.2, -0.15) is 0 Å². The smallest absolute Gasteiger partial charge is 0.317 e. The van der Waals surface area contributed by atoms with E-state index in [4.69, 9.17) is 9.84 Å². The molecule has 1 unspecified atom stereocenters. The lowest BCUT2D eigenvalue weighted by atomic mass is 10.1. The Bertz CT molecular complexity index is 704. The molecule has 0 aromatic heterocycles. The number of rotatable bonds is 6. The number of benzene rings is 2. The third-order valence-corrected chi connectivity index (χ3v) is 4.36. The highest BCUT2D eigenvalue weighted by atomic mass is 16.5. The molecule has 0 amide bonds. The zero-order valence-corrected chi connectivity index (χ0v) is 14.0. The molecule has 24 heavy (non-hydrogen) atoms. The quantitative estimate of drug-likeness (QED) is 0.880. The molecule has 1 aliphatic rings. The van der Waals surface area contributed by atoms with E-state index in [1.807, 2.05) is 7.05 Å². The fourth-order valence-corrected chi connectivity index (χ4v) is 3.27. The van der Waals surface area contributed by atoms with Gasteiger partial charge in [-0.15, -0.1) is 0 Å². The monoisotopic (exact) mass is 328 g/mol. The average molecular weight is 328 g/mol. The van der Waals surface area contributed by atoms with Gasteiger partial charge in [0.25, 0.3) is 0 Å². The summed E-state index contributed by atoms with van der Waals surface area (Å²) in [5, 5.41) is 11.4. The molecule has 1 heterocycles. The van der Waals surface area contributed by atoms with Crippen LogP contribution in [0.2, 0.25) is 0 Å². The molecule has 2 aromatic carbocycles. The molecular weight excluding hydrogens is 304 g/mol. The van der Waals surface area contributed by atoms with Crippen LogP contribution >= 0.6 is 0 Å². The number of nitrogens with zero attached hydrogens (tertiary/aromatic N) is 2. The Balaban J connectivity index is 1.59. The van der Waals surface area contributed by atoms with Crippen molar-refractivity contribution in [2.75, 3.05) is 39.8 Å². The fourth-order valence-electron chi connectivity index (χ4n) is 3.27. The highest BCUT2D eigenvalue weighted by Crippen LogP contribution is 2.18. The molecule has 5 nitrogen and oxygen atoms in total. The van der Waals surface area contributed by atoms with E-state index in [9.17, 15) is 4.79 Å². The zero-order valence-electron chi connectivity index (χ0n) is 14.0. The number of hydrogen-bond donors (Lipinski definition) is 1. The Morgan fingerprint density at radius 2 is 2.08 bits per heavy atom. The molecule has 1 atom stereocenters. The second kappa shape index (κ2) is 7.75. The standard InChI is InChI=1S/C19H24N2O3/c1-20(14-19(22)23)12-18-13-21(8-9-24-18)11-15-6-7-16-4-2-3-5-17(16)10-15/h2-7,10,18H,8-9,11-14H2,1H3,(H,22,23). The summed E-state index contributed by atoms with van der Waals surface area (Å²) in [6.45, 7) is 4.01. The second-order valence-electron chi connectivity index (χ2n) is 6.50. The first-order valence-corrected chi connectivity index (χ1v) is 8.32. The molecule has 2 aromatic rings. The van der Waals surface area contributed by atoms with Gasteiger partial charge in [-0.3, -0.25) is 14.6 Å². The maximum absolute atomic E-state index is 10.8. The van der Waals surface area contributed by atoms with Crippen LogP contribution in [0.3, 0.4) is 0 Å². The van der Waals surface area contributed by atoms with Gasteiger partial charge in [-0.1, -0.05) is 36.4 Å². The van der Waals surface area contributed by atoms with Crippen molar-refractivity contribution in [1.82, 2.24) is 9.80 Å². The summed E-state index contributed by atoms with van der Waals surface area (Å²) in [5.74, 6) is -0.804. The molecule has 0 spiro atoms. The van der Waals surface area contributed by atoms with Gasteiger partial charge >= 0.3 is 5.97 Å². The molecule has 0 radical (unpaired) electrons. The number of morpholine rings is 1. The number of fused-ring (bicyclic) bond motifs is 1. The van der Waals surface area contributed by atoms with E-state index in [1.54, 1.807) is 4.90 Å². The molecule has 128 valence electrons. The molecule has 1 N–H and O–H groups in total. The summed E-state index contributed by atoms with van der Waals surface area (Å²) >= 11 is 0. The molecule has 5 heteroatoms. The van der Waals surface area contributed by atoms with Crippen molar-refractivity contribution in [2.45, 2.75) is 12.6 Å². The van der Waals surface area contributed by atoms with Crippen LogP contribution in [-0.2, 0) is 16.1 Å². The van der Waals surface area contributed by atoms with E-state index >= 15 is 0 Å². The summed E-state index contributed by atoms with van der Waals surface area (Å²) in [6.07, 6.45) is 0.0588. The summed E-state index contributed by atoms with van der Waals surface area (Å²) in [6, 6.07) is 15.0. The van der Waals surface area contributed by atoms with Gasteiger partial charge in [-0.05, 0) is 29.4 Å². The lowest BCUT2D eigenvalue weighted by Crippen LogP contribution is -2.47. The number of hydrogen-bond acceptors (Lipinski definition) is 4. The molecule has 1 aliphatic heterocycles. The van der Waals surface area contributed by atoms with E-state index in [1.165, 1.54) is 16.3 Å². The average Bonchev–Trinajstić information content (AvgIpc) is 2.54.